The van der Waals surface area contributed by atoms with Crippen LogP contribution in [0, 0.1) is 11.8 Å². The first-order valence-corrected chi connectivity index (χ1v) is 8.65. The van der Waals surface area contributed by atoms with E-state index < -0.39 is 5.97 Å². The summed E-state index contributed by atoms with van der Waals surface area (Å²) in [6.07, 6.45) is 12.2. The van der Waals surface area contributed by atoms with Crippen molar-refractivity contribution in [2.45, 2.75) is 77.2 Å². The van der Waals surface area contributed by atoms with Gasteiger partial charge < -0.3 is 10.0 Å². The molecule has 0 bridgehead atoms. The SMILES string of the molecule is CCCC1CCCC(N2CCCC(CC(=O)O)C2)CC1. The maximum atomic E-state index is 10.9. The molecule has 3 unspecified atom stereocenters. The maximum Gasteiger partial charge on any atom is 0.303 e. The van der Waals surface area contributed by atoms with E-state index >= 15 is 0 Å². The van der Waals surface area contributed by atoms with Crippen molar-refractivity contribution in [3.05, 3.63) is 0 Å². The molecule has 3 nitrogen and oxygen atoms in total. The summed E-state index contributed by atoms with van der Waals surface area (Å²) < 4.78 is 0. The van der Waals surface area contributed by atoms with Gasteiger partial charge >= 0.3 is 5.97 Å². The Hall–Kier alpha value is -0.570. The number of carboxylic acid groups (broad SMARTS) is 1. The minimum absolute atomic E-state index is 0.363. The topological polar surface area (TPSA) is 40.5 Å². The van der Waals surface area contributed by atoms with E-state index in [4.69, 9.17) is 5.11 Å². The monoisotopic (exact) mass is 281 g/mol. The zero-order valence-electron chi connectivity index (χ0n) is 13.0. The average Bonchev–Trinajstić information content (AvgIpc) is 2.64. The van der Waals surface area contributed by atoms with E-state index in [1.54, 1.807) is 0 Å². The Bertz CT molecular complexity index is 305. The molecule has 3 heteroatoms. The van der Waals surface area contributed by atoms with Crippen LogP contribution in [0.15, 0.2) is 0 Å². The van der Waals surface area contributed by atoms with Gasteiger partial charge in [0, 0.05) is 19.0 Å². The van der Waals surface area contributed by atoms with Crippen molar-refractivity contribution >= 4 is 5.97 Å². The van der Waals surface area contributed by atoms with Gasteiger partial charge in [0.2, 0.25) is 0 Å². The number of piperidine rings is 1. The van der Waals surface area contributed by atoms with Crippen LogP contribution in [-0.4, -0.2) is 35.1 Å². The smallest absolute Gasteiger partial charge is 0.303 e. The molecule has 1 N–H and O–H groups in total. The molecule has 20 heavy (non-hydrogen) atoms. The molecule has 2 fully saturated rings. The number of likely N-dealkylation sites (tertiary alicyclic amines) is 1. The van der Waals surface area contributed by atoms with E-state index in [2.05, 4.69) is 11.8 Å². The number of carboxylic acids is 1. The third kappa shape index (κ3) is 4.76. The summed E-state index contributed by atoms with van der Waals surface area (Å²) in [4.78, 5) is 13.5. The van der Waals surface area contributed by atoms with E-state index in [1.165, 1.54) is 57.9 Å². The Morgan fingerprint density at radius 3 is 2.65 bits per heavy atom. The Balaban J connectivity index is 1.82. The van der Waals surface area contributed by atoms with Crippen LogP contribution in [0.1, 0.15) is 71.1 Å². The molecule has 0 radical (unpaired) electrons. The molecular formula is C17H31NO2. The zero-order chi connectivity index (χ0) is 14.4. The van der Waals surface area contributed by atoms with Crippen molar-refractivity contribution in [1.82, 2.24) is 4.90 Å². The lowest BCUT2D eigenvalue weighted by Crippen LogP contribution is -2.43. The molecule has 1 saturated carbocycles. The fraction of sp³-hybridized carbons (Fsp3) is 0.941. The number of hydrogen-bond acceptors (Lipinski definition) is 2. The summed E-state index contributed by atoms with van der Waals surface area (Å²) in [6, 6.07) is 0.730. The van der Waals surface area contributed by atoms with Gasteiger partial charge in [-0.3, -0.25) is 4.79 Å². The van der Waals surface area contributed by atoms with E-state index in [9.17, 15) is 4.79 Å². The molecule has 116 valence electrons. The third-order valence-electron chi connectivity index (χ3n) is 5.28. The standard InChI is InChI=1S/C17H31NO2/c1-2-5-14-6-3-8-16(10-9-14)18-11-4-7-15(13-18)12-17(19)20/h14-16H,2-13H2,1H3,(H,19,20). The van der Waals surface area contributed by atoms with Crippen LogP contribution in [-0.2, 0) is 4.79 Å². The Morgan fingerprint density at radius 1 is 1.10 bits per heavy atom. The Labute approximate surface area is 123 Å². The van der Waals surface area contributed by atoms with E-state index in [1.807, 2.05) is 0 Å². The van der Waals surface area contributed by atoms with Crippen molar-refractivity contribution in [3.8, 4) is 0 Å². The van der Waals surface area contributed by atoms with Crippen molar-refractivity contribution in [3.63, 3.8) is 0 Å². The summed E-state index contributed by atoms with van der Waals surface area (Å²) in [5, 5.41) is 8.98. The fourth-order valence-electron chi connectivity index (χ4n) is 4.26. The summed E-state index contributed by atoms with van der Waals surface area (Å²) in [5.74, 6) is 0.710. The Kier molecular flexibility index (Phi) is 6.34. The second-order valence-corrected chi connectivity index (χ2v) is 6.92. The van der Waals surface area contributed by atoms with Gasteiger partial charge in [-0.05, 0) is 50.5 Å². The quantitative estimate of drug-likeness (QED) is 0.776. The lowest BCUT2D eigenvalue weighted by molar-refractivity contribution is -0.138. The van der Waals surface area contributed by atoms with Crippen LogP contribution >= 0.6 is 0 Å². The van der Waals surface area contributed by atoms with E-state index in [0.29, 0.717) is 12.3 Å². The van der Waals surface area contributed by atoms with Crippen molar-refractivity contribution in [2.24, 2.45) is 11.8 Å². The second kappa shape index (κ2) is 8.02. The maximum absolute atomic E-state index is 10.9. The molecule has 0 aromatic carbocycles. The summed E-state index contributed by atoms with van der Waals surface area (Å²) >= 11 is 0. The van der Waals surface area contributed by atoms with E-state index in [0.717, 1.165) is 24.9 Å². The van der Waals surface area contributed by atoms with Crippen LogP contribution in [0.25, 0.3) is 0 Å². The number of hydrogen-bond donors (Lipinski definition) is 1. The zero-order valence-corrected chi connectivity index (χ0v) is 13.0. The van der Waals surface area contributed by atoms with Crippen LogP contribution in [0.5, 0.6) is 0 Å². The summed E-state index contributed by atoms with van der Waals surface area (Å²) in [6.45, 7) is 4.51. The normalized spacial score (nSPS) is 32.8. The molecule has 1 aliphatic heterocycles. The van der Waals surface area contributed by atoms with Gasteiger partial charge in [-0.2, -0.15) is 0 Å². The van der Waals surface area contributed by atoms with Gasteiger partial charge in [-0.15, -0.1) is 0 Å². The first-order valence-electron chi connectivity index (χ1n) is 8.65. The minimum Gasteiger partial charge on any atom is -0.481 e. The largest absolute Gasteiger partial charge is 0.481 e. The number of carbonyl (C=O) groups is 1. The molecule has 2 rings (SSSR count). The molecule has 1 heterocycles. The minimum atomic E-state index is -0.624. The number of nitrogens with zero attached hydrogens (tertiary/aromatic N) is 1. The van der Waals surface area contributed by atoms with Gasteiger partial charge in [0.05, 0.1) is 0 Å². The molecular weight excluding hydrogens is 250 g/mol. The number of aliphatic carboxylic acids is 1. The van der Waals surface area contributed by atoms with Gasteiger partial charge in [-0.1, -0.05) is 32.6 Å². The average molecular weight is 281 g/mol. The van der Waals surface area contributed by atoms with Crippen LogP contribution in [0.3, 0.4) is 0 Å². The van der Waals surface area contributed by atoms with Gasteiger partial charge in [0.1, 0.15) is 0 Å². The first kappa shape index (κ1) is 15.8. The lowest BCUT2D eigenvalue weighted by Gasteiger charge is -2.37. The highest BCUT2D eigenvalue weighted by Crippen LogP contribution is 2.31. The highest BCUT2D eigenvalue weighted by molar-refractivity contribution is 5.67. The van der Waals surface area contributed by atoms with Crippen molar-refractivity contribution in [2.75, 3.05) is 13.1 Å². The van der Waals surface area contributed by atoms with Crippen molar-refractivity contribution in [1.29, 1.82) is 0 Å². The highest BCUT2D eigenvalue weighted by Gasteiger charge is 2.28. The molecule has 0 aromatic heterocycles. The molecule has 1 aliphatic carbocycles. The predicted molar refractivity (Wildman–Crippen MR) is 81.8 cm³/mol. The first-order chi connectivity index (χ1) is 9.69. The van der Waals surface area contributed by atoms with Gasteiger partial charge in [0.25, 0.3) is 0 Å². The highest BCUT2D eigenvalue weighted by atomic mass is 16.4. The van der Waals surface area contributed by atoms with E-state index in [-0.39, 0.29) is 0 Å². The fourth-order valence-corrected chi connectivity index (χ4v) is 4.26. The Morgan fingerprint density at radius 2 is 1.90 bits per heavy atom. The van der Waals surface area contributed by atoms with Crippen LogP contribution in [0.4, 0.5) is 0 Å². The van der Waals surface area contributed by atoms with Crippen LogP contribution in [0.2, 0.25) is 0 Å². The number of rotatable bonds is 5. The third-order valence-corrected chi connectivity index (χ3v) is 5.28. The van der Waals surface area contributed by atoms with Gasteiger partial charge in [0.15, 0.2) is 0 Å². The molecule has 1 saturated heterocycles. The molecule has 3 atom stereocenters. The summed E-state index contributed by atoms with van der Waals surface area (Å²) in [7, 11) is 0. The summed E-state index contributed by atoms with van der Waals surface area (Å²) in [5.41, 5.74) is 0. The second-order valence-electron chi connectivity index (χ2n) is 6.92. The molecule has 0 amide bonds. The molecule has 2 aliphatic rings. The predicted octanol–water partition coefficient (Wildman–Crippen LogP) is 3.92. The van der Waals surface area contributed by atoms with Crippen molar-refractivity contribution < 1.29 is 9.90 Å². The van der Waals surface area contributed by atoms with Gasteiger partial charge in [-0.25, -0.2) is 0 Å². The lowest BCUT2D eigenvalue weighted by atomic mass is 9.92. The van der Waals surface area contributed by atoms with Crippen LogP contribution < -0.4 is 0 Å². The molecule has 0 spiro atoms. The molecule has 0 aromatic rings.